The van der Waals surface area contributed by atoms with E-state index in [0.717, 1.165) is 18.6 Å². The van der Waals surface area contributed by atoms with E-state index >= 15 is 0 Å². The minimum absolute atomic E-state index is 0.0224. The summed E-state index contributed by atoms with van der Waals surface area (Å²) in [7, 11) is 1.60. The van der Waals surface area contributed by atoms with E-state index in [1.165, 1.54) is 11.8 Å². The number of carbonyl (C=O) groups is 2. The average molecular weight is 417 g/mol. The Morgan fingerprint density at radius 1 is 1.10 bits per heavy atom. The molecular weight excluding hydrogens is 392 g/mol. The van der Waals surface area contributed by atoms with Gasteiger partial charge < -0.3 is 14.5 Å². The lowest BCUT2D eigenvalue weighted by Gasteiger charge is -2.35. The van der Waals surface area contributed by atoms with Crippen LogP contribution in [0.4, 0.5) is 0 Å². The van der Waals surface area contributed by atoms with E-state index in [4.69, 9.17) is 4.74 Å². The standard InChI is InChI=1S/C19H24N6O3S/c1-13(29-19-20-21-22-25(19)15-5-6-15)17(26)23-9-11-24(12-10-23)18(27)14-3-7-16(28-2)8-4-14/h3-4,7-8,13,15H,5-6,9-12H2,1-2H3. The summed E-state index contributed by atoms with van der Waals surface area (Å²) < 4.78 is 6.95. The highest BCUT2D eigenvalue weighted by Crippen LogP contribution is 2.37. The monoisotopic (exact) mass is 416 g/mol. The summed E-state index contributed by atoms with van der Waals surface area (Å²) in [5, 5.41) is 12.3. The van der Waals surface area contributed by atoms with E-state index in [2.05, 4.69) is 15.5 Å². The summed E-state index contributed by atoms with van der Waals surface area (Å²) in [4.78, 5) is 29.1. The molecule has 0 radical (unpaired) electrons. The predicted octanol–water partition coefficient (Wildman–Crippen LogP) is 1.48. The molecule has 2 fully saturated rings. The summed E-state index contributed by atoms with van der Waals surface area (Å²) in [5.41, 5.74) is 0.626. The van der Waals surface area contributed by atoms with E-state index in [1.54, 1.807) is 36.3 Å². The first-order valence-electron chi connectivity index (χ1n) is 9.73. The first-order valence-corrected chi connectivity index (χ1v) is 10.6. The molecule has 1 unspecified atom stereocenters. The molecular formula is C19H24N6O3S. The number of methoxy groups -OCH3 is 1. The van der Waals surface area contributed by atoms with Crippen LogP contribution >= 0.6 is 11.8 Å². The van der Waals surface area contributed by atoms with Crippen LogP contribution in [0.25, 0.3) is 0 Å². The van der Waals surface area contributed by atoms with Gasteiger partial charge in [0.25, 0.3) is 5.91 Å². The molecule has 0 N–H and O–H groups in total. The fourth-order valence-corrected chi connectivity index (χ4v) is 4.27. The van der Waals surface area contributed by atoms with Crippen LogP contribution in [0.3, 0.4) is 0 Å². The van der Waals surface area contributed by atoms with Gasteiger partial charge in [-0.2, -0.15) is 0 Å². The number of benzene rings is 1. The van der Waals surface area contributed by atoms with Gasteiger partial charge in [-0.15, -0.1) is 5.10 Å². The second-order valence-corrected chi connectivity index (χ2v) is 8.55. The highest BCUT2D eigenvalue weighted by molar-refractivity contribution is 8.00. The van der Waals surface area contributed by atoms with Crippen LogP contribution in [0.1, 0.15) is 36.2 Å². The van der Waals surface area contributed by atoms with Crippen molar-refractivity contribution < 1.29 is 14.3 Å². The van der Waals surface area contributed by atoms with Crippen molar-refractivity contribution in [1.29, 1.82) is 0 Å². The van der Waals surface area contributed by atoms with Crippen LogP contribution in [-0.4, -0.2) is 80.4 Å². The van der Waals surface area contributed by atoms with Gasteiger partial charge in [-0.25, -0.2) is 4.68 Å². The van der Waals surface area contributed by atoms with Crippen molar-refractivity contribution in [2.75, 3.05) is 33.3 Å². The normalized spacial score (nSPS) is 17.9. The highest BCUT2D eigenvalue weighted by Gasteiger charge is 2.32. The highest BCUT2D eigenvalue weighted by atomic mass is 32.2. The summed E-state index contributed by atoms with van der Waals surface area (Å²) in [5.74, 6) is 0.749. The van der Waals surface area contributed by atoms with Gasteiger partial charge in [0.1, 0.15) is 5.75 Å². The van der Waals surface area contributed by atoms with Crippen LogP contribution in [0.15, 0.2) is 29.4 Å². The molecule has 9 nitrogen and oxygen atoms in total. The Balaban J connectivity index is 1.30. The van der Waals surface area contributed by atoms with Gasteiger partial charge in [0.15, 0.2) is 0 Å². The molecule has 1 aliphatic carbocycles. The maximum Gasteiger partial charge on any atom is 0.253 e. The third-order valence-corrected chi connectivity index (χ3v) is 6.24. The Morgan fingerprint density at radius 2 is 1.76 bits per heavy atom. The van der Waals surface area contributed by atoms with Gasteiger partial charge in [0.2, 0.25) is 11.1 Å². The smallest absolute Gasteiger partial charge is 0.253 e. The van der Waals surface area contributed by atoms with Crippen molar-refractivity contribution in [2.45, 2.75) is 36.2 Å². The minimum atomic E-state index is -0.276. The number of ether oxygens (including phenoxy) is 1. The number of piperazine rings is 1. The number of hydrogen-bond donors (Lipinski definition) is 0. The molecule has 1 saturated carbocycles. The van der Waals surface area contributed by atoms with Crippen LogP contribution < -0.4 is 4.74 Å². The molecule has 2 heterocycles. The van der Waals surface area contributed by atoms with Crippen molar-refractivity contribution in [1.82, 2.24) is 30.0 Å². The summed E-state index contributed by atoms with van der Waals surface area (Å²) in [6, 6.07) is 7.47. The van der Waals surface area contributed by atoms with Gasteiger partial charge in [0, 0.05) is 31.7 Å². The van der Waals surface area contributed by atoms with E-state index < -0.39 is 0 Å². The maximum atomic E-state index is 12.8. The fraction of sp³-hybridized carbons (Fsp3) is 0.526. The molecule has 154 valence electrons. The largest absolute Gasteiger partial charge is 0.497 e. The van der Waals surface area contributed by atoms with Crippen molar-refractivity contribution in [3.63, 3.8) is 0 Å². The van der Waals surface area contributed by atoms with Crippen LogP contribution in [-0.2, 0) is 4.79 Å². The second-order valence-electron chi connectivity index (χ2n) is 7.24. The SMILES string of the molecule is COc1ccc(C(=O)N2CCN(C(=O)C(C)Sc3nnnn3C3CC3)CC2)cc1. The molecule has 0 bridgehead atoms. The lowest BCUT2D eigenvalue weighted by atomic mass is 10.1. The molecule has 4 rings (SSSR count). The Morgan fingerprint density at radius 3 is 2.38 bits per heavy atom. The van der Waals surface area contributed by atoms with E-state index in [0.29, 0.717) is 42.9 Å². The zero-order valence-corrected chi connectivity index (χ0v) is 17.3. The molecule has 1 aromatic carbocycles. The van der Waals surface area contributed by atoms with Crippen LogP contribution in [0.5, 0.6) is 5.75 Å². The number of thioether (sulfide) groups is 1. The van der Waals surface area contributed by atoms with Crippen molar-refractivity contribution in [3.05, 3.63) is 29.8 Å². The quantitative estimate of drug-likeness (QED) is 0.659. The maximum absolute atomic E-state index is 12.8. The zero-order chi connectivity index (χ0) is 20.4. The minimum Gasteiger partial charge on any atom is -0.497 e. The summed E-state index contributed by atoms with van der Waals surface area (Å²) in [6.45, 7) is 3.98. The van der Waals surface area contributed by atoms with E-state index in [-0.39, 0.29) is 17.1 Å². The summed E-state index contributed by atoms with van der Waals surface area (Å²) in [6.07, 6.45) is 2.18. The molecule has 0 spiro atoms. The number of nitrogens with zero attached hydrogens (tertiary/aromatic N) is 6. The molecule has 1 aliphatic heterocycles. The van der Waals surface area contributed by atoms with Crippen molar-refractivity contribution >= 4 is 23.6 Å². The Labute approximate surface area is 173 Å². The Kier molecular flexibility index (Phi) is 5.70. The molecule has 1 saturated heterocycles. The Bertz CT molecular complexity index is 874. The van der Waals surface area contributed by atoms with Crippen LogP contribution in [0, 0.1) is 0 Å². The number of hydrogen-bond acceptors (Lipinski definition) is 7. The number of carbonyl (C=O) groups excluding carboxylic acids is 2. The van der Waals surface area contributed by atoms with Crippen LogP contribution in [0.2, 0.25) is 0 Å². The third-order valence-electron chi connectivity index (χ3n) is 5.20. The number of aromatic nitrogens is 4. The van der Waals surface area contributed by atoms with E-state index in [9.17, 15) is 9.59 Å². The molecule has 2 aromatic rings. The number of rotatable bonds is 6. The third kappa shape index (κ3) is 4.36. The first kappa shape index (κ1) is 19.7. The average Bonchev–Trinajstić information content (AvgIpc) is 3.51. The van der Waals surface area contributed by atoms with Gasteiger partial charge in [-0.1, -0.05) is 11.8 Å². The van der Waals surface area contributed by atoms with Gasteiger partial charge in [-0.3, -0.25) is 9.59 Å². The molecule has 29 heavy (non-hydrogen) atoms. The second kappa shape index (κ2) is 8.40. The van der Waals surface area contributed by atoms with Gasteiger partial charge >= 0.3 is 0 Å². The molecule has 1 atom stereocenters. The lowest BCUT2D eigenvalue weighted by Crippen LogP contribution is -2.52. The van der Waals surface area contributed by atoms with Crippen molar-refractivity contribution in [3.8, 4) is 5.75 Å². The molecule has 2 aliphatic rings. The number of amides is 2. The predicted molar refractivity (Wildman–Crippen MR) is 107 cm³/mol. The van der Waals surface area contributed by atoms with Gasteiger partial charge in [-0.05, 0) is 54.5 Å². The molecule has 10 heteroatoms. The molecule has 1 aromatic heterocycles. The first-order chi connectivity index (χ1) is 14.1. The topological polar surface area (TPSA) is 93.4 Å². The fourth-order valence-electron chi connectivity index (χ4n) is 3.32. The molecule has 2 amide bonds. The lowest BCUT2D eigenvalue weighted by molar-refractivity contribution is -0.131. The summed E-state index contributed by atoms with van der Waals surface area (Å²) >= 11 is 1.40. The van der Waals surface area contributed by atoms with E-state index in [1.807, 2.05) is 16.5 Å². The Hall–Kier alpha value is -2.62. The zero-order valence-electron chi connectivity index (χ0n) is 16.5. The van der Waals surface area contributed by atoms with Crippen molar-refractivity contribution in [2.24, 2.45) is 0 Å². The number of tetrazole rings is 1. The van der Waals surface area contributed by atoms with Gasteiger partial charge in [0.05, 0.1) is 18.4 Å².